The van der Waals surface area contributed by atoms with Crippen molar-refractivity contribution in [2.45, 2.75) is 12.3 Å². The Morgan fingerprint density at radius 3 is 2.04 bits per heavy atom. The molecule has 2 heterocycles. The second kappa shape index (κ2) is 6.58. The lowest BCUT2D eigenvalue weighted by Gasteiger charge is -2.56. The van der Waals surface area contributed by atoms with E-state index in [1.165, 1.54) is 5.56 Å². The summed E-state index contributed by atoms with van der Waals surface area (Å²) in [5.74, 6) is -0.709. The highest BCUT2D eigenvalue weighted by Crippen LogP contribution is 2.37. The largest absolute Gasteiger partial charge is 0.318 e. The third-order valence-electron chi connectivity index (χ3n) is 5.13. The molecule has 4 nitrogen and oxygen atoms in total. The van der Waals surface area contributed by atoms with Crippen LogP contribution in [0.4, 0.5) is 11.4 Å². The second-order valence-corrected chi connectivity index (χ2v) is 7.64. The lowest BCUT2D eigenvalue weighted by molar-refractivity contribution is 0.317. The topological polar surface area (TPSA) is 30.5 Å². The highest BCUT2D eigenvalue weighted by Gasteiger charge is 2.52. The van der Waals surface area contributed by atoms with Crippen LogP contribution in [0.3, 0.4) is 0 Å². The first-order valence-electron chi connectivity index (χ1n) is 9.09. The van der Waals surface area contributed by atoms with Crippen molar-refractivity contribution in [1.82, 2.24) is 10.6 Å². The molecule has 3 aromatic rings. The van der Waals surface area contributed by atoms with E-state index in [-0.39, 0.29) is 0 Å². The first kappa shape index (κ1) is 17.2. The van der Waals surface area contributed by atoms with E-state index in [9.17, 15) is 0 Å². The van der Waals surface area contributed by atoms with E-state index in [0.29, 0.717) is 16.8 Å². The summed E-state index contributed by atoms with van der Waals surface area (Å²) in [5, 5.41) is 8.28. The molecule has 138 valence electrons. The predicted octanol–water partition coefficient (Wildman–Crippen LogP) is 4.09. The van der Waals surface area contributed by atoms with Gasteiger partial charge in [-0.05, 0) is 60.3 Å². The fraction of sp³-hybridized carbons (Fsp3) is 0.0909. The van der Waals surface area contributed by atoms with Crippen LogP contribution in [0.5, 0.6) is 0 Å². The van der Waals surface area contributed by atoms with Gasteiger partial charge in [-0.1, -0.05) is 54.6 Å². The fourth-order valence-electron chi connectivity index (χ4n) is 3.80. The maximum Gasteiger partial charge on any atom is 0.224 e. The lowest BCUT2D eigenvalue weighted by atomic mass is 9.97. The van der Waals surface area contributed by atoms with Crippen molar-refractivity contribution >= 4 is 46.0 Å². The molecule has 0 aliphatic carbocycles. The third kappa shape index (κ3) is 2.65. The highest BCUT2D eigenvalue weighted by molar-refractivity contribution is 7.81. The van der Waals surface area contributed by atoms with Crippen molar-refractivity contribution in [3.63, 3.8) is 0 Å². The van der Waals surface area contributed by atoms with Gasteiger partial charge in [-0.25, -0.2) is 0 Å². The fourth-order valence-corrected chi connectivity index (χ4v) is 4.51. The molecule has 1 spiro atoms. The standard InChI is InChI=1S/C22H18N4S2/c27-20-23-22(24-21(28)26(22)19-12-5-2-6-13-19)17-9-7-8-16(14-17)15-25(20)18-10-3-1-4-11-18/h1-14H,15H2,(H,23,27)(H,24,28). The van der Waals surface area contributed by atoms with Gasteiger partial charge >= 0.3 is 0 Å². The molecule has 0 aromatic heterocycles. The maximum atomic E-state index is 5.85. The molecule has 1 unspecified atom stereocenters. The first-order valence-corrected chi connectivity index (χ1v) is 9.91. The molecular weight excluding hydrogens is 384 g/mol. The van der Waals surface area contributed by atoms with Crippen LogP contribution in [-0.4, -0.2) is 10.2 Å². The summed E-state index contributed by atoms with van der Waals surface area (Å²) >= 11 is 11.4. The molecule has 6 heteroatoms. The number of benzene rings is 3. The molecule has 2 aliphatic heterocycles. The van der Waals surface area contributed by atoms with Crippen LogP contribution in [0.15, 0.2) is 84.9 Å². The minimum absolute atomic E-state index is 0.647. The number of hydrogen-bond donors (Lipinski definition) is 2. The summed E-state index contributed by atoms with van der Waals surface area (Å²) in [6.45, 7) is 0.704. The van der Waals surface area contributed by atoms with Crippen molar-refractivity contribution in [2.75, 3.05) is 9.80 Å². The van der Waals surface area contributed by atoms with Gasteiger partial charge in [0.2, 0.25) is 5.79 Å². The second-order valence-electron chi connectivity index (χ2n) is 6.86. The number of thiocarbonyl (C=S) groups is 2. The molecule has 5 rings (SSSR count). The number of hydrogen-bond acceptors (Lipinski definition) is 2. The highest BCUT2D eigenvalue weighted by atomic mass is 32.1. The molecule has 28 heavy (non-hydrogen) atoms. The van der Waals surface area contributed by atoms with Crippen LogP contribution in [0, 0.1) is 0 Å². The smallest absolute Gasteiger partial charge is 0.224 e. The Kier molecular flexibility index (Phi) is 4.03. The predicted molar refractivity (Wildman–Crippen MR) is 121 cm³/mol. The molecule has 0 radical (unpaired) electrons. The zero-order valence-corrected chi connectivity index (χ0v) is 16.6. The van der Waals surface area contributed by atoms with E-state index >= 15 is 0 Å². The normalized spacial score (nSPS) is 20.7. The lowest BCUT2D eigenvalue weighted by Crippen LogP contribution is -2.81. The van der Waals surface area contributed by atoms with Crippen LogP contribution < -0.4 is 20.4 Å². The first-order chi connectivity index (χ1) is 13.7. The van der Waals surface area contributed by atoms with Crippen LogP contribution in [-0.2, 0) is 12.3 Å². The van der Waals surface area contributed by atoms with Crippen molar-refractivity contribution < 1.29 is 0 Å². The molecule has 1 atom stereocenters. The number of nitrogens with zero attached hydrogens (tertiary/aromatic N) is 2. The van der Waals surface area contributed by atoms with Gasteiger partial charge in [0.1, 0.15) is 0 Å². The maximum absolute atomic E-state index is 5.85. The van der Waals surface area contributed by atoms with Crippen molar-refractivity contribution in [1.29, 1.82) is 0 Å². The minimum Gasteiger partial charge on any atom is -0.318 e. The Morgan fingerprint density at radius 2 is 1.36 bits per heavy atom. The number of rotatable bonds is 2. The summed E-state index contributed by atoms with van der Waals surface area (Å²) in [6.07, 6.45) is 0. The molecule has 0 saturated carbocycles. The van der Waals surface area contributed by atoms with E-state index in [0.717, 1.165) is 16.9 Å². The quantitative estimate of drug-likeness (QED) is 0.628. The summed E-state index contributed by atoms with van der Waals surface area (Å²) < 4.78 is 0. The Balaban J connectivity index is 1.63. The Hall–Kier alpha value is -2.96. The summed E-state index contributed by atoms with van der Waals surface area (Å²) in [5.41, 5.74) is 4.34. The Bertz CT molecular complexity index is 1050. The van der Waals surface area contributed by atoms with E-state index < -0.39 is 5.79 Å². The Labute approximate surface area is 174 Å². The van der Waals surface area contributed by atoms with Crippen LogP contribution in [0.25, 0.3) is 0 Å². The molecule has 1 fully saturated rings. The van der Waals surface area contributed by atoms with Crippen LogP contribution >= 0.6 is 24.4 Å². The number of para-hydroxylation sites is 2. The molecule has 2 bridgehead atoms. The average Bonchev–Trinajstić information content (AvgIpc) is 2.72. The van der Waals surface area contributed by atoms with Crippen LogP contribution in [0.2, 0.25) is 0 Å². The van der Waals surface area contributed by atoms with Gasteiger partial charge in [0.15, 0.2) is 10.2 Å². The molecule has 2 aliphatic rings. The average molecular weight is 403 g/mol. The van der Waals surface area contributed by atoms with Gasteiger partial charge in [0.25, 0.3) is 0 Å². The summed E-state index contributed by atoms with van der Waals surface area (Å²) in [4.78, 5) is 4.20. The van der Waals surface area contributed by atoms with E-state index in [1.54, 1.807) is 0 Å². The van der Waals surface area contributed by atoms with Gasteiger partial charge in [0.05, 0.1) is 6.54 Å². The summed E-state index contributed by atoms with van der Waals surface area (Å²) in [6, 6.07) is 28.8. The molecule has 3 aromatic carbocycles. The Morgan fingerprint density at radius 1 is 0.714 bits per heavy atom. The van der Waals surface area contributed by atoms with Crippen molar-refractivity contribution in [3.05, 3.63) is 96.1 Å². The minimum atomic E-state index is -0.709. The number of nitrogens with one attached hydrogen (secondary N) is 2. The van der Waals surface area contributed by atoms with Gasteiger partial charge < -0.3 is 15.5 Å². The zero-order chi connectivity index (χ0) is 19.1. The third-order valence-corrected chi connectivity index (χ3v) is 5.73. The van der Waals surface area contributed by atoms with Crippen molar-refractivity contribution in [2.24, 2.45) is 0 Å². The molecule has 1 saturated heterocycles. The SMILES string of the molecule is S=C1NC2(NC(=S)N2c2ccccc2)c2cccc(c2)CN1c1ccccc1. The molecule has 2 N–H and O–H groups in total. The number of fused-ring (bicyclic) bond motifs is 3. The zero-order valence-electron chi connectivity index (χ0n) is 15.0. The van der Waals surface area contributed by atoms with Gasteiger partial charge in [-0.2, -0.15) is 0 Å². The molecular formula is C22H18N4S2. The van der Waals surface area contributed by atoms with Gasteiger partial charge in [-0.15, -0.1) is 0 Å². The van der Waals surface area contributed by atoms with E-state index in [1.807, 2.05) is 36.4 Å². The van der Waals surface area contributed by atoms with Crippen molar-refractivity contribution in [3.8, 4) is 0 Å². The van der Waals surface area contributed by atoms with Gasteiger partial charge in [0, 0.05) is 16.9 Å². The number of anilines is 2. The van der Waals surface area contributed by atoms with E-state index in [4.69, 9.17) is 24.4 Å². The molecule has 0 amide bonds. The monoisotopic (exact) mass is 402 g/mol. The van der Waals surface area contributed by atoms with Crippen LogP contribution in [0.1, 0.15) is 11.1 Å². The summed E-state index contributed by atoms with van der Waals surface area (Å²) in [7, 11) is 0. The van der Waals surface area contributed by atoms with E-state index in [2.05, 4.69) is 69.0 Å². The van der Waals surface area contributed by atoms with Gasteiger partial charge in [-0.3, -0.25) is 4.90 Å².